The highest BCUT2D eigenvalue weighted by Crippen LogP contribution is 2.24. The van der Waals surface area contributed by atoms with Crippen LogP contribution in [0.3, 0.4) is 0 Å². The molecule has 0 aliphatic rings. The number of ether oxygens (including phenoxy) is 1. The molecule has 124 valence electrons. The highest BCUT2D eigenvalue weighted by Gasteiger charge is 2.24. The van der Waals surface area contributed by atoms with Gasteiger partial charge in [-0.05, 0) is 54.3 Å². The maximum absolute atomic E-state index is 6.28. The van der Waals surface area contributed by atoms with E-state index in [4.69, 9.17) is 4.74 Å². The number of rotatable bonds is 6. The number of hydrogen-bond donors (Lipinski definition) is 1. The monoisotopic (exact) mass is 305 g/mol. The summed E-state index contributed by atoms with van der Waals surface area (Å²) in [5.74, 6) is 0. The molecule has 0 radical (unpaired) electrons. The fraction of sp³-hybridized carbons (Fsp3) is 0.611. The van der Waals surface area contributed by atoms with Crippen LogP contribution >= 0.6 is 0 Å². The summed E-state index contributed by atoms with van der Waals surface area (Å²) in [6.45, 7) is 10.5. The van der Waals surface area contributed by atoms with Crippen molar-refractivity contribution in [2.45, 2.75) is 58.8 Å². The Morgan fingerprint density at radius 2 is 1.64 bits per heavy atom. The molecular weight excluding hydrogens is 274 g/mol. The van der Waals surface area contributed by atoms with Gasteiger partial charge in [0.05, 0.1) is 0 Å². The fourth-order valence-corrected chi connectivity index (χ4v) is 2.06. The average molecular weight is 305 g/mol. The molecular formula is C18H31N3O. The van der Waals surface area contributed by atoms with Crippen molar-refractivity contribution < 1.29 is 4.74 Å². The molecule has 0 amide bonds. The zero-order chi connectivity index (χ0) is 16.7. The van der Waals surface area contributed by atoms with E-state index in [9.17, 15) is 0 Å². The summed E-state index contributed by atoms with van der Waals surface area (Å²) in [6.07, 6.45) is -0.0695. The van der Waals surface area contributed by atoms with E-state index in [0.717, 1.165) is 5.56 Å². The first-order valence-electron chi connectivity index (χ1n) is 8.03. The molecule has 0 bridgehead atoms. The van der Waals surface area contributed by atoms with Crippen molar-refractivity contribution in [3.63, 3.8) is 0 Å². The van der Waals surface area contributed by atoms with Gasteiger partial charge in [0.15, 0.2) is 0 Å². The van der Waals surface area contributed by atoms with Gasteiger partial charge in [0, 0.05) is 18.1 Å². The Morgan fingerprint density at radius 3 is 2.09 bits per heavy atom. The standard InChI is InChI=1S/C18H31N3O/c1-13(2)19-18(20-14(3)4)22-17(15(5)21(6)7)16-11-9-8-10-12-16/h8-15,17H,1-7H3,(H,19,20)/t15-,17+/m0/s1. The van der Waals surface area contributed by atoms with Crippen molar-refractivity contribution in [2.75, 3.05) is 14.1 Å². The molecule has 0 saturated heterocycles. The number of hydrogen-bond acceptors (Lipinski definition) is 3. The zero-order valence-corrected chi connectivity index (χ0v) is 15.0. The van der Waals surface area contributed by atoms with Crippen LogP contribution in [0.4, 0.5) is 0 Å². The number of likely N-dealkylation sites (N-methyl/N-ethyl adjacent to an activating group) is 1. The van der Waals surface area contributed by atoms with E-state index in [2.05, 4.69) is 76.1 Å². The van der Waals surface area contributed by atoms with Crippen molar-refractivity contribution in [2.24, 2.45) is 4.99 Å². The van der Waals surface area contributed by atoms with E-state index >= 15 is 0 Å². The minimum Gasteiger partial charge on any atom is -0.455 e. The van der Waals surface area contributed by atoms with Crippen molar-refractivity contribution in [1.82, 2.24) is 10.2 Å². The lowest BCUT2D eigenvalue weighted by atomic mass is 10.0. The summed E-state index contributed by atoms with van der Waals surface area (Å²) in [6, 6.07) is 11.6. The van der Waals surface area contributed by atoms with Crippen molar-refractivity contribution in [3.8, 4) is 0 Å². The summed E-state index contributed by atoms with van der Waals surface area (Å²) >= 11 is 0. The first kappa shape index (κ1) is 18.5. The summed E-state index contributed by atoms with van der Waals surface area (Å²) in [5, 5.41) is 3.31. The summed E-state index contributed by atoms with van der Waals surface area (Å²) in [5.41, 5.74) is 1.16. The lowest BCUT2D eigenvalue weighted by Gasteiger charge is -2.31. The molecule has 1 N–H and O–H groups in total. The van der Waals surface area contributed by atoms with Gasteiger partial charge in [0.1, 0.15) is 6.10 Å². The number of nitrogens with one attached hydrogen (secondary N) is 1. The molecule has 2 atom stereocenters. The molecule has 1 aromatic carbocycles. The van der Waals surface area contributed by atoms with E-state index in [-0.39, 0.29) is 24.2 Å². The van der Waals surface area contributed by atoms with Gasteiger partial charge in [-0.3, -0.25) is 0 Å². The van der Waals surface area contributed by atoms with Gasteiger partial charge in [-0.15, -0.1) is 0 Å². The molecule has 0 aliphatic heterocycles. The molecule has 0 heterocycles. The van der Waals surface area contributed by atoms with Crippen LogP contribution in [0.2, 0.25) is 0 Å². The summed E-state index contributed by atoms with van der Waals surface area (Å²) < 4.78 is 6.28. The van der Waals surface area contributed by atoms with E-state index in [1.807, 2.05) is 18.2 Å². The van der Waals surface area contributed by atoms with Crippen molar-refractivity contribution in [1.29, 1.82) is 0 Å². The second kappa shape index (κ2) is 8.79. The fourth-order valence-electron chi connectivity index (χ4n) is 2.06. The van der Waals surface area contributed by atoms with E-state index in [1.54, 1.807) is 0 Å². The lowest BCUT2D eigenvalue weighted by Crippen LogP contribution is -2.39. The minimum atomic E-state index is -0.0695. The predicted molar refractivity (Wildman–Crippen MR) is 94.3 cm³/mol. The van der Waals surface area contributed by atoms with Crippen molar-refractivity contribution in [3.05, 3.63) is 35.9 Å². The highest BCUT2D eigenvalue weighted by molar-refractivity contribution is 5.74. The summed E-state index contributed by atoms with van der Waals surface area (Å²) in [4.78, 5) is 6.76. The molecule has 1 aromatic rings. The Balaban J connectivity index is 3.05. The molecule has 0 unspecified atom stereocenters. The molecule has 0 spiro atoms. The van der Waals surface area contributed by atoms with Crippen LogP contribution in [0, 0.1) is 0 Å². The second-order valence-electron chi connectivity index (χ2n) is 6.48. The maximum atomic E-state index is 6.28. The van der Waals surface area contributed by atoms with Gasteiger partial charge in [0.25, 0.3) is 6.02 Å². The Hall–Kier alpha value is -1.55. The topological polar surface area (TPSA) is 36.9 Å². The van der Waals surface area contributed by atoms with Crippen molar-refractivity contribution >= 4 is 6.02 Å². The van der Waals surface area contributed by atoms with Gasteiger partial charge >= 0.3 is 0 Å². The third-order valence-corrected chi connectivity index (χ3v) is 3.41. The Kier molecular flexibility index (Phi) is 7.39. The quantitative estimate of drug-likeness (QED) is 0.646. The maximum Gasteiger partial charge on any atom is 0.285 e. The number of aliphatic imine (C=N–C) groups is 1. The SMILES string of the molecule is CC(C)N=C(NC(C)C)O[C@@H](c1ccccc1)[C@H](C)N(C)C. The van der Waals surface area contributed by atoms with E-state index < -0.39 is 0 Å². The van der Waals surface area contributed by atoms with Gasteiger partial charge in [-0.25, -0.2) is 4.99 Å². The van der Waals surface area contributed by atoms with Crippen LogP contribution in [-0.4, -0.2) is 43.1 Å². The lowest BCUT2D eigenvalue weighted by molar-refractivity contribution is 0.0901. The predicted octanol–water partition coefficient (Wildman–Crippen LogP) is 3.46. The van der Waals surface area contributed by atoms with Crippen LogP contribution in [0.25, 0.3) is 0 Å². The molecule has 1 rings (SSSR count). The van der Waals surface area contributed by atoms with Crippen LogP contribution in [0.15, 0.2) is 35.3 Å². The van der Waals surface area contributed by atoms with Crippen LogP contribution < -0.4 is 5.32 Å². The first-order chi connectivity index (χ1) is 10.3. The average Bonchev–Trinajstić information content (AvgIpc) is 2.43. The van der Waals surface area contributed by atoms with Gasteiger partial charge in [-0.1, -0.05) is 30.3 Å². The molecule has 22 heavy (non-hydrogen) atoms. The van der Waals surface area contributed by atoms with Crippen LogP contribution in [0.1, 0.15) is 46.3 Å². The molecule has 4 nitrogen and oxygen atoms in total. The van der Waals surface area contributed by atoms with E-state index in [0.29, 0.717) is 6.02 Å². The summed E-state index contributed by atoms with van der Waals surface area (Å²) in [7, 11) is 4.14. The van der Waals surface area contributed by atoms with Crippen LogP contribution in [0.5, 0.6) is 0 Å². The minimum absolute atomic E-state index is 0.0695. The molecule has 0 aromatic heterocycles. The molecule has 0 fully saturated rings. The largest absolute Gasteiger partial charge is 0.455 e. The molecule has 0 saturated carbocycles. The third kappa shape index (κ3) is 6.06. The third-order valence-electron chi connectivity index (χ3n) is 3.41. The molecule has 4 heteroatoms. The van der Waals surface area contributed by atoms with Gasteiger partial charge in [-0.2, -0.15) is 0 Å². The van der Waals surface area contributed by atoms with E-state index in [1.165, 1.54) is 0 Å². The highest BCUT2D eigenvalue weighted by atomic mass is 16.5. The zero-order valence-electron chi connectivity index (χ0n) is 15.0. The van der Waals surface area contributed by atoms with Gasteiger partial charge < -0.3 is 15.0 Å². The number of benzene rings is 1. The Labute approximate surface area is 135 Å². The number of amidine groups is 1. The Bertz CT molecular complexity index is 455. The number of nitrogens with zero attached hydrogens (tertiary/aromatic N) is 2. The Morgan fingerprint density at radius 1 is 1.05 bits per heavy atom. The first-order valence-corrected chi connectivity index (χ1v) is 8.03. The smallest absolute Gasteiger partial charge is 0.285 e. The normalized spacial score (nSPS) is 15.3. The second-order valence-corrected chi connectivity index (χ2v) is 6.48. The van der Waals surface area contributed by atoms with Gasteiger partial charge in [0.2, 0.25) is 0 Å². The van der Waals surface area contributed by atoms with Crippen LogP contribution in [-0.2, 0) is 4.74 Å². The molecule has 0 aliphatic carbocycles.